The van der Waals surface area contributed by atoms with Crippen molar-refractivity contribution in [3.63, 3.8) is 0 Å². The van der Waals surface area contributed by atoms with Gasteiger partial charge in [0.15, 0.2) is 17.3 Å². The van der Waals surface area contributed by atoms with Crippen molar-refractivity contribution in [2.45, 2.75) is 20.0 Å². The second-order valence-electron chi connectivity index (χ2n) is 5.12. The quantitative estimate of drug-likeness (QED) is 0.751. The number of Topliss-reactive ketones (excluding diaryl/α,β-unsaturated/α-hetero) is 1. The average molecular weight is 293 g/mol. The zero-order valence-corrected chi connectivity index (χ0v) is 12.9. The SMILES string of the molecule is CCN1CCOC(COc2ccc(C(C)=O)cc2OC)C1. The van der Waals surface area contributed by atoms with Crippen molar-refractivity contribution in [2.24, 2.45) is 0 Å². The number of carbonyl (C=O) groups excluding carboxylic acids is 1. The van der Waals surface area contributed by atoms with Crippen molar-refractivity contribution < 1.29 is 19.0 Å². The van der Waals surface area contributed by atoms with Gasteiger partial charge in [0.05, 0.1) is 13.7 Å². The van der Waals surface area contributed by atoms with Crippen LogP contribution in [-0.2, 0) is 4.74 Å². The maximum Gasteiger partial charge on any atom is 0.161 e. The summed E-state index contributed by atoms with van der Waals surface area (Å²) in [5.41, 5.74) is 0.616. The Balaban J connectivity index is 1.97. The van der Waals surface area contributed by atoms with Crippen molar-refractivity contribution in [1.82, 2.24) is 4.90 Å². The fourth-order valence-corrected chi connectivity index (χ4v) is 2.36. The molecule has 1 aliphatic heterocycles. The van der Waals surface area contributed by atoms with Crippen LogP contribution in [0, 0.1) is 0 Å². The monoisotopic (exact) mass is 293 g/mol. The predicted octanol–water partition coefficient (Wildman–Crippen LogP) is 2.00. The molecular weight excluding hydrogens is 270 g/mol. The molecule has 116 valence electrons. The summed E-state index contributed by atoms with van der Waals surface area (Å²) in [6, 6.07) is 5.23. The molecule has 0 radical (unpaired) electrons. The van der Waals surface area contributed by atoms with Gasteiger partial charge < -0.3 is 14.2 Å². The Morgan fingerprint density at radius 3 is 2.90 bits per heavy atom. The lowest BCUT2D eigenvalue weighted by molar-refractivity contribution is -0.0466. The summed E-state index contributed by atoms with van der Waals surface area (Å²) in [5, 5.41) is 0. The van der Waals surface area contributed by atoms with Crippen LogP contribution < -0.4 is 9.47 Å². The molecule has 1 aliphatic rings. The van der Waals surface area contributed by atoms with Gasteiger partial charge in [-0.3, -0.25) is 9.69 Å². The molecule has 2 rings (SSSR count). The lowest BCUT2D eigenvalue weighted by Crippen LogP contribution is -2.44. The first kappa shape index (κ1) is 15.8. The molecule has 1 heterocycles. The number of hydrogen-bond donors (Lipinski definition) is 0. The number of rotatable bonds is 6. The molecule has 0 aliphatic carbocycles. The molecule has 0 amide bonds. The molecule has 1 saturated heterocycles. The van der Waals surface area contributed by atoms with E-state index < -0.39 is 0 Å². The Morgan fingerprint density at radius 2 is 2.24 bits per heavy atom. The zero-order chi connectivity index (χ0) is 15.2. The largest absolute Gasteiger partial charge is 0.493 e. The lowest BCUT2D eigenvalue weighted by Gasteiger charge is -2.31. The molecule has 21 heavy (non-hydrogen) atoms. The number of nitrogens with zero attached hydrogens (tertiary/aromatic N) is 1. The van der Waals surface area contributed by atoms with Crippen LogP contribution in [0.15, 0.2) is 18.2 Å². The number of hydrogen-bond acceptors (Lipinski definition) is 5. The summed E-state index contributed by atoms with van der Waals surface area (Å²) in [6.45, 7) is 7.77. The van der Waals surface area contributed by atoms with E-state index in [1.807, 2.05) is 0 Å². The summed E-state index contributed by atoms with van der Waals surface area (Å²) < 4.78 is 16.8. The van der Waals surface area contributed by atoms with E-state index in [4.69, 9.17) is 14.2 Å². The molecule has 1 atom stereocenters. The fraction of sp³-hybridized carbons (Fsp3) is 0.562. The van der Waals surface area contributed by atoms with Gasteiger partial charge in [0.2, 0.25) is 0 Å². The summed E-state index contributed by atoms with van der Waals surface area (Å²) in [7, 11) is 1.57. The molecule has 0 aromatic heterocycles. The Kier molecular flexibility index (Phi) is 5.59. The summed E-state index contributed by atoms with van der Waals surface area (Å²) in [4.78, 5) is 13.7. The van der Waals surface area contributed by atoms with Gasteiger partial charge >= 0.3 is 0 Å². The van der Waals surface area contributed by atoms with Crippen LogP contribution in [0.2, 0.25) is 0 Å². The Hall–Kier alpha value is -1.59. The van der Waals surface area contributed by atoms with Crippen LogP contribution in [0.4, 0.5) is 0 Å². The second-order valence-corrected chi connectivity index (χ2v) is 5.12. The first-order valence-electron chi connectivity index (χ1n) is 7.29. The van der Waals surface area contributed by atoms with E-state index in [1.165, 1.54) is 6.92 Å². The Labute approximate surface area is 125 Å². The molecule has 1 aromatic rings. The molecule has 1 aromatic carbocycles. The highest BCUT2D eigenvalue weighted by Crippen LogP contribution is 2.28. The number of likely N-dealkylation sites (N-methyl/N-ethyl adjacent to an activating group) is 1. The number of carbonyl (C=O) groups is 1. The van der Waals surface area contributed by atoms with E-state index in [-0.39, 0.29) is 11.9 Å². The topological polar surface area (TPSA) is 48.0 Å². The van der Waals surface area contributed by atoms with E-state index in [1.54, 1.807) is 25.3 Å². The minimum atomic E-state index is 0.00838. The highest BCUT2D eigenvalue weighted by atomic mass is 16.5. The predicted molar refractivity (Wildman–Crippen MR) is 80.3 cm³/mol. The first-order chi connectivity index (χ1) is 10.1. The van der Waals surface area contributed by atoms with E-state index in [0.29, 0.717) is 23.7 Å². The van der Waals surface area contributed by atoms with Crippen molar-refractivity contribution in [3.8, 4) is 11.5 Å². The second kappa shape index (κ2) is 7.43. The number of ether oxygens (including phenoxy) is 3. The third-order valence-electron chi connectivity index (χ3n) is 3.66. The van der Waals surface area contributed by atoms with Gasteiger partial charge in [0, 0.05) is 18.7 Å². The molecular formula is C16H23NO4. The minimum absolute atomic E-state index is 0.00838. The molecule has 5 heteroatoms. The third kappa shape index (κ3) is 4.19. The molecule has 1 fully saturated rings. The van der Waals surface area contributed by atoms with Crippen LogP contribution in [0.3, 0.4) is 0 Å². The van der Waals surface area contributed by atoms with Crippen molar-refractivity contribution in [1.29, 1.82) is 0 Å². The van der Waals surface area contributed by atoms with E-state index in [0.717, 1.165) is 26.2 Å². The smallest absolute Gasteiger partial charge is 0.161 e. The maximum absolute atomic E-state index is 11.4. The van der Waals surface area contributed by atoms with E-state index in [9.17, 15) is 4.79 Å². The number of ketones is 1. The molecule has 1 unspecified atom stereocenters. The highest BCUT2D eigenvalue weighted by molar-refractivity contribution is 5.94. The highest BCUT2D eigenvalue weighted by Gasteiger charge is 2.20. The van der Waals surface area contributed by atoms with Crippen LogP contribution in [0.25, 0.3) is 0 Å². The lowest BCUT2D eigenvalue weighted by atomic mass is 10.1. The molecule has 0 bridgehead atoms. The van der Waals surface area contributed by atoms with Crippen LogP contribution in [-0.4, -0.2) is 56.7 Å². The molecule has 5 nitrogen and oxygen atoms in total. The zero-order valence-electron chi connectivity index (χ0n) is 12.9. The van der Waals surface area contributed by atoms with Crippen molar-refractivity contribution in [3.05, 3.63) is 23.8 Å². The van der Waals surface area contributed by atoms with Gasteiger partial charge in [0.1, 0.15) is 12.7 Å². The van der Waals surface area contributed by atoms with E-state index in [2.05, 4.69) is 11.8 Å². The van der Waals surface area contributed by atoms with Gasteiger partial charge in [-0.1, -0.05) is 6.92 Å². The standard InChI is InChI=1S/C16H23NO4/c1-4-17-7-8-20-14(10-17)11-21-15-6-5-13(12(2)18)9-16(15)19-3/h5-6,9,14H,4,7-8,10-11H2,1-3H3. The maximum atomic E-state index is 11.4. The summed E-state index contributed by atoms with van der Waals surface area (Å²) >= 11 is 0. The van der Waals surface area contributed by atoms with Gasteiger partial charge in [-0.25, -0.2) is 0 Å². The van der Waals surface area contributed by atoms with Gasteiger partial charge in [-0.15, -0.1) is 0 Å². The molecule has 0 saturated carbocycles. The first-order valence-corrected chi connectivity index (χ1v) is 7.29. The summed E-state index contributed by atoms with van der Waals surface area (Å²) in [6.07, 6.45) is 0.0656. The molecule has 0 spiro atoms. The van der Waals surface area contributed by atoms with Gasteiger partial charge in [-0.05, 0) is 31.7 Å². The summed E-state index contributed by atoms with van der Waals surface area (Å²) in [5.74, 6) is 1.22. The van der Waals surface area contributed by atoms with Crippen molar-refractivity contribution in [2.75, 3.05) is 40.0 Å². The number of methoxy groups -OCH3 is 1. The average Bonchev–Trinajstić information content (AvgIpc) is 2.52. The number of morpholine rings is 1. The van der Waals surface area contributed by atoms with Crippen LogP contribution in [0.5, 0.6) is 11.5 Å². The fourth-order valence-electron chi connectivity index (χ4n) is 2.36. The Bertz CT molecular complexity index is 489. The Morgan fingerprint density at radius 1 is 1.43 bits per heavy atom. The third-order valence-corrected chi connectivity index (χ3v) is 3.66. The van der Waals surface area contributed by atoms with Crippen LogP contribution >= 0.6 is 0 Å². The van der Waals surface area contributed by atoms with Gasteiger partial charge in [-0.2, -0.15) is 0 Å². The minimum Gasteiger partial charge on any atom is -0.493 e. The van der Waals surface area contributed by atoms with Gasteiger partial charge in [0.25, 0.3) is 0 Å². The normalized spacial score (nSPS) is 19.3. The van der Waals surface area contributed by atoms with Crippen molar-refractivity contribution >= 4 is 5.78 Å². The molecule has 0 N–H and O–H groups in total. The number of benzene rings is 1. The van der Waals surface area contributed by atoms with E-state index >= 15 is 0 Å². The van der Waals surface area contributed by atoms with Crippen LogP contribution in [0.1, 0.15) is 24.2 Å².